The average Bonchev–Trinajstić information content (AvgIpc) is 3.03. The minimum atomic E-state index is -4.17. The molecule has 0 radical (unpaired) electrons. The predicted molar refractivity (Wildman–Crippen MR) is 94.0 cm³/mol. The van der Waals surface area contributed by atoms with Crippen LogP contribution in [-0.4, -0.2) is 24.2 Å². The number of benzene rings is 2. The molecule has 0 aliphatic heterocycles. The summed E-state index contributed by atoms with van der Waals surface area (Å²) < 4.78 is 27.4. The zero-order valence-corrected chi connectivity index (χ0v) is 13.9. The van der Waals surface area contributed by atoms with Gasteiger partial charge in [-0.05, 0) is 17.2 Å². The van der Waals surface area contributed by atoms with E-state index in [-0.39, 0.29) is 11.4 Å². The van der Waals surface area contributed by atoms with Crippen LogP contribution < -0.4 is 0 Å². The SMILES string of the molecule is C#CCN(C1C=Cc2ccccc21)S(=O)(=O)c1ccccc1[N+](=O)[O-]. The first-order chi connectivity index (χ1) is 12.0. The van der Waals surface area contributed by atoms with Crippen molar-refractivity contribution in [2.24, 2.45) is 0 Å². The van der Waals surface area contributed by atoms with Crippen LogP contribution in [0, 0.1) is 22.5 Å². The molecule has 0 bridgehead atoms. The number of hydrogen-bond acceptors (Lipinski definition) is 4. The van der Waals surface area contributed by atoms with E-state index in [1.165, 1.54) is 24.3 Å². The standard InChI is InChI=1S/C18H14N2O4S/c1-2-13-19(16-12-11-14-7-3-4-8-15(14)16)25(23,24)18-10-6-5-9-17(18)20(21)22/h1,3-12,16H,13H2. The second kappa shape index (κ2) is 6.51. The lowest BCUT2D eigenvalue weighted by atomic mass is 10.1. The molecule has 7 heteroatoms. The Morgan fingerprint density at radius 1 is 1.16 bits per heavy atom. The summed E-state index contributed by atoms with van der Waals surface area (Å²) in [5.74, 6) is 2.34. The highest BCUT2D eigenvalue weighted by Crippen LogP contribution is 2.37. The monoisotopic (exact) mass is 354 g/mol. The Balaban J connectivity index is 2.13. The number of para-hydroxylation sites is 1. The van der Waals surface area contributed by atoms with Gasteiger partial charge in [-0.2, -0.15) is 4.31 Å². The summed E-state index contributed by atoms with van der Waals surface area (Å²) in [5, 5.41) is 11.2. The molecule has 0 heterocycles. The highest BCUT2D eigenvalue weighted by atomic mass is 32.2. The van der Waals surface area contributed by atoms with Crippen molar-refractivity contribution in [3.8, 4) is 12.3 Å². The maximum atomic E-state index is 13.1. The zero-order valence-electron chi connectivity index (χ0n) is 13.1. The molecule has 6 nitrogen and oxygen atoms in total. The first-order valence-electron chi connectivity index (χ1n) is 7.42. The van der Waals surface area contributed by atoms with Crippen molar-refractivity contribution in [3.05, 3.63) is 75.8 Å². The molecule has 1 unspecified atom stereocenters. The van der Waals surface area contributed by atoms with E-state index in [1.54, 1.807) is 6.08 Å². The lowest BCUT2D eigenvalue weighted by molar-refractivity contribution is -0.387. The first-order valence-corrected chi connectivity index (χ1v) is 8.86. The number of nitro groups is 1. The third-order valence-corrected chi connectivity index (χ3v) is 5.85. The van der Waals surface area contributed by atoms with Crippen LogP contribution in [0.3, 0.4) is 0 Å². The van der Waals surface area contributed by atoms with E-state index in [1.807, 2.05) is 30.3 Å². The lowest BCUT2D eigenvalue weighted by Gasteiger charge is -2.26. The molecular weight excluding hydrogens is 340 g/mol. The Labute approximate surface area is 145 Å². The summed E-state index contributed by atoms with van der Waals surface area (Å²) in [6.07, 6.45) is 8.92. The van der Waals surface area contributed by atoms with Gasteiger partial charge in [0.2, 0.25) is 0 Å². The summed E-state index contributed by atoms with van der Waals surface area (Å²) in [4.78, 5) is 10.2. The fourth-order valence-electron chi connectivity index (χ4n) is 2.86. The Morgan fingerprint density at radius 2 is 1.84 bits per heavy atom. The van der Waals surface area contributed by atoms with Crippen LogP contribution >= 0.6 is 0 Å². The molecule has 0 aromatic heterocycles. The van der Waals surface area contributed by atoms with Gasteiger partial charge in [0.15, 0.2) is 4.90 Å². The van der Waals surface area contributed by atoms with Crippen molar-refractivity contribution >= 4 is 21.8 Å². The molecule has 2 aromatic rings. The highest BCUT2D eigenvalue weighted by molar-refractivity contribution is 7.89. The number of nitro benzene ring substituents is 1. The maximum absolute atomic E-state index is 13.1. The van der Waals surface area contributed by atoms with Gasteiger partial charge in [-0.1, -0.05) is 54.5 Å². The molecular formula is C18H14N2O4S. The Morgan fingerprint density at radius 3 is 2.56 bits per heavy atom. The van der Waals surface area contributed by atoms with Gasteiger partial charge >= 0.3 is 0 Å². The van der Waals surface area contributed by atoms with Crippen molar-refractivity contribution in [3.63, 3.8) is 0 Å². The van der Waals surface area contributed by atoms with Crippen LogP contribution in [0.5, 0.6) is 0 Å². The van der Waals surface area contributed by atoms with E-state index in [4.69, 9.17) is 6.42 Å². The molecule has 1 aliphatic carbocycles. The fraction of sp³-hybridized carbons (Fsp3) is 0.111. The Kier molecular flexibility index (Phi) is 4.40. The smallest absolute Gasteiger partial charge is 0.258 e. The molecule has 0 fully saturated rings. The van der Waals surface area contributed by atoms with Crippen molar-refractivity contribution < 1.29 is 13.3 Å². The van der Waals surface area contributed by atoms with E-state index >= 15 is 0 Å². The molecule has 126 valence electrons. The maximum Gasteiger partial charge on any atom is 0.289 e. The topological polar surface area (TPSA) is 80.5 Å². The second-order valence-electron chi connectivity index (χ2n) is 5.41. The molecule has 1 atom stereocenters. The van der Waals surface area contributed by atoms with Crippen LogP contribution in [0.15, 0.2) is 59.5 Å². The number of sulfonamides is 1. The van der Waals surface area contributed by atoms with Crippen LogP contribution in [0.25, 0.3) is 6.08 Å². The minimum Gasteiger partial charge on any atom is -0.258 e. The number of terminal acetylenes is 1. The van der Waals surface area contributed by atoms with Crippen LogP contribution in [0.2, 0.25) is 0 Å². The molecule has 1 aliphatic rings. The number of hydrogen-bond donors (Lipinski definition) is 0. The lowest BCUT2D eigenvalue weighted by Crippen LogP contribution is -2.34. The van der Waals surface area contributed by atoms with Gasteiger partial charge in [-0.15, -0.1) is 6.42 Å². The van der Waals surface area contributed by atoms with Crippen LogP contribution in [0.1, 0.15) is 17.2 Å². The van der Waals surface area contributed by atoms with Gasteiger partial charge in [-0.3, -0.25) is 10.1 Å². The van der Waals surface area contributed by atoms with Gasteiger partial charge < -0.3 is 0 Å². The van der Waals surface area contributed by atoms with E-state index in [0.29, 0.717) is 0 Å². The summed E-state index contributed by atoms with van der Waals surface area (Å²) in [5.41, 5.74) is 1.21. The van der Waals surface area contributed by atoms with Gasteiger partial charge in [-0.25, -0.2) is 8.42 Å². The molecule has 0 saturated heterocycles. The number of nitrogens with zero attached hydrogens (tertiary/aromatic N) is 2. The van der Waals surface area contributed by atoms with E-state index < -0.39 is 26.7 Å². The van der Waals surface area contributed by atoms with Gasteiger partial charge in [0.25, 0.3) is 15.7 Å². The molecule has 2 aromatic carbocycles. The van der Waals surface area contributed by atoms with E-state index in [0.717, 1.165) is 15.4 Å². The Bertz CT molecular complexity index is 1010. The van der Waals surface area contributed by atoms with Crippen molar-refractivity contribution in [2.75, 3.05) is 6.54 Å². The summed E-state index contributed by atoms with van der Waals surface area (Å²) >= 11 is 0. The van der Waals surface area contributed by atoms with Crippen LogP contribution in [0.4, 0.5) is 5.69 Å². The summed E-state index contributed by atoms with van der Waals surface area (Å²) in [6.45, 7) is -0.197. The molecule has 0 N–H and O–H groups in total. The number of fused-ring (bicyclic) bond motifs is 1. The molecule has 3 rings (SSSR count). The number of rotatable bonds is 5. The van der Waals surface area contributed by atoms with Crippen molar-refractivity contribution in [1.29, 1.82) is 0 Å². The quantitative estimate of drug-likeness (QED) is 0.470. The molecule has 0 spiro atoms. The zero-order chi connectivity index (χ0) is 18.0. The largest absolute Gasteiger partial charge is 0.289 e. The molecule has 0 amide bonds. The second-order valence-corrected chi connectivity index (χ2v) is 7.27. The van der Waals surface area contributed by atoms with E-state index in [2.05, 4.69) is 5.92 Å². The third-order valence-electron chi connectivity index (χ3n) is 3.98. The predicted octanol–water partition coefficient (Wildman–Crippen LogP) is 2.99. The first kappa shape index (κ1) is 16.9. The summed E-state index contributed by atoms with van der Waals surface area (Å²) in [7, 11) is -4.17. The van der Waals surface area contributed by atoms with Crippen molar-refractivity contribution in [2.45, 2.75) is 10.9 Å². The highest BCUT2D eigenvalue weighted by Gasteiger charge is 2.37. The van der Waals surface area contributed by atoms with Gasteiger partial charge in [0, 0.05) is 6.07 Å². The van der Waals surface area contributed by atoms with Gasteiger partial charge in [0.05, 0.1) is 17.5 Å². The molecule has 25 heavy (non-hydrogen) atoms. The average molecular weight is 354 g/mol. The Hall–Kier alpha value is -2.95. The fourth-order valence-corrected chi connectivity index (χ4v) is 4.49. The van der Waals surface area contributed by atoms with E-state index in [9.17, 15) is 18.5 Å². The summed E-state index contributed by atoms with van der Waals surface area (Å²) in [6, 6.07) is 12.0. The van der Waals surface area contributed by atoms with Gasteiger partial charge in [0.1, 0.15) is 0 Å². The van der Waals surface area contributed by atoms with Crippen molar-refractivity contribution in [1.82, 2.24) is 4.31 Å². The molecule has 0 saturated carbocycles. The van der Waals surface area contributed by atoms with Crippen LogP contribution in [-0.2, 0) is 10.0 Å². The third kappa shape index (κ3) is 2.93. The minimum absolute atomic E-state index is 0.197. The normalized spacial score (nSPS) is 15.8.